The number of carbonyl (C=O) groups excluding carboxylic acids is 1. The molecule has 0 radical (unpaired) electrons. The Hall–Kier alpha value is -3.71. The van der Waals surface area contributed by atoms with E-state index in [-0.39, 0.29) is 19.9 Å². The van der Waals surface area contributed by atoms with Gasteiger partial charge in [0, 0.05) is 34.7 Å². The highest BCUT2D eigenvalue weighted by atomic mass is 35.5. The number of carbonyl (C=O) groups is 1. The number of ether oxygens (including phenoxy) is 1. The van der Waals surface area contributed by atoms with E-state index in [0.29, 0.717) is 22.4 Å². The van der Waals surface area contributed by atoms with Gasteiger partial charge in [-0.3, -0.25) is 9.78 Å². The van der Waals surface area contributed by atoms with E-state index in [0.717, 1.165) is 22.0 Å². The summed E-state index contributed by atoms with van der Waals surface area (Å²) in [6.07, 6.45) is 1.58. The second kappa shape index (κ2) is 9.86. The number of hydrogen-bond acceptors (Lipinski definition) is 6. The van der Waals surface area contributed by atoms with E-state index >= 15 is 0 Å². The first kappa shape index (κ1) is 22.0. The highest BCUT2D eigenvalue weighted by Gasteiger charge is 2.12. The first-order valence-electron chi connectivity index (χ1n) is 9.22. The van der Waals surface area contributed by atoms with E-state index in [1.807, 2.05) is 36.4 Å². The summed E-state index contributed by atoms with van der Waals surface area (Å²) in [5, 5.41) is 16.7. The van der Waals surface area contributed by atoms with Gasteiger partial charge in [0.25, 0.3) is 5.91 Å². The molecule has 2 N–H and O–H groups in total. The number of benzene rings is 2. The summed E-state index contributed by atoms with van der Waals surface area (Å²) in [7, 11) is 1.56. The number of anilines is 2. The zero-order valence-corrected chi connectivity index (χ0v) is 16.8. The maximum absolute atomic E-state index is 11.8. The van der Waals surface area contributed by atoms with E-state index in [9.17, 15) is 4.79 Å². The Morgan fingerprint density at radius 1 is 1.03 bits per heavy atom. The van der Waals surface area contributed by atoms with Gasteiger partial charge >= 0.3 is 0 Å². The van der Waals surface area contributed by atoms with Gasteiger partial charge in [-0.1, -0.05) is 37.2 Å². The van der Waals surface area contributed by atoms with Crippen LogP contribution in [-0.4, -0.2) is 28.1 Å². The molecule has 0 fully saturated rings. The summed E-state index contributed by atoms with van der Waals surface area (Å²) in [5.41, 5.74) is 1.99. The zero-order chi connectivity index (χ0) is 20.9. The fourth-order valence-electron chi connectivity index (χ4n) is 2.92. The van der Waals surface area contributed by atoms with Crippen LogP contribution in [0.4, 0.5) is 11.5 Å². The van der Waals surface area contributed by atoms with Gasteiger partial charge in [0.15, 0.2) is 5.82 Å². The van der Waals surface area contributed by atoms with Crippen LogP contribution in [0.3, 0.4) is 0 Å². The first-order chi connectivity index (χ1) is 14.6. The SMILES string of the molecule is C.CNC(=O)c1cc(COc2nnc(Nc3ccc(Cl)cc3)c3ccccc23)ccn1. The molecule has 158 valence electrons. The predicted molar refractivity (Wildman–Crippen MR) is 123 cm³/mol. The number of pyridine rings is 1. The maximum Gasteiger partial charge on any atom is 0.269 e. The molecule has 0 aliphatic rings. The lowest BCUT2D eigenvalue weighted by Gasteiger charge is -2.12. The molecule has 7 nitrogen and oxygen atoms in total. The van der Waals surface area contributed by atoms with Crippen molar-refractivity contribution in [3.63, 3.8) is 0 Å². The Balaban J connectivity index is 0.00000272. The van der Waals surface area contributed by atoms with Crippen LogP contribution < -0.4 is 15.4 Å². The molecule has 2 aromatic heterocycles. The van der Waals surface area contributed by atoms with Crippen LogP contribution in [0.2, 0.25) is 5.02 Å². The molecular weight excluding hydrogens is 414 g/mol. The quantitative estimate of drug-likeness (QED) is 0.443. The topological polar surface area (TPSA) is 89.0 Å². The summed E-state index contributed by atoms with van der Waals surface area (Å²) < 4.78 is 5.92. The molecule has 31 heavy (non-hydrogen) atoms. The number of nitrogens with zero attached hydrogens (tertiary/aromatic N) is 3. The van der Waals surface area contributed by atoms with Gasteiger partial charge in [0.2, 0.25) is 5.88 Å². The van der Waals surface area contributed by atoms with Gasteiger partial charge in [0.05, 0.1) is 0 Å². The Morgan fingerprint density at radius 2 is 1.77 bits per heavy atom. The van der Waals surface area contributed by atoms with Crippen molar-refractivity contribution in [1.82, 2.24) is 20.5 Å². The molecule has 2 aromatic carbocycles. The normalized spacial score (nSPS) is 10.3. The van der Waals surface area contributed by atoms with Gasteiger partial charge in [-0.2, -0.15) is 0 Å². The highest BCUT2D eigenvalue weighted by molar-refractivity contribution is 6.30. The second-order valence-electron chi connectivity index (χ2n) is 6.45. The lowest BCUT2D eigenvalue weighted by atomic mass is 10.1. The smallest absolute Gasteiger partial charge is 0.269 e. The molecule has 0 saturated heterocycles. The van der Waals surface area contributed by atoms with Gasteiger partial charge in [0.1, 0.15) is 12.3 Å². The van der Waals surface area contributed by atoms with E-state index in [1.54, 1.807) is 37.5 Å². The standard InChI is InChI=1S/C22H18ClN5O2.CH4/c1-24-21(29)19-12-14(10-11-25-19)13-30-22-18-5-3-2-4-17(18)20(27-28-22)26-16-8-6-15(23)7-9-16;/h2-12H,13H2,1H3,(H,24,29)(H,26,27);1H4. The van der Waals surface area contributed by atoms with Crippen LogP contribution >= 0.6 is 11.6 Å². The summed E-state index contributed by atoms with van der Waals surface area (Å²) in [6.45, 7) is 0.231. The summed E-state index contributed by atoms with van der Waals surface area (Å²) >= 11 is 5.95. The first-order valence-corrected chi connectivity index (χ1v) is 9.59. The van der Waals surface area contributed by atoms with Crippen molar-refractivity contribution in [3.8, 4) is 5.88 Å². The van der Waals surface area contributed by atoms with Crippen molar-refractivity contribution in [2.75, 3.05) is 12.4 Å². The second-order valence-corrected chi connectivity index (χ2v) is 6.88. The number of rotatable bonds is 6. The Bertz CT molecular complexity index is 1200. The fourth-order valence-corrected chi connectivity index (χ4v) is 3.04. The van der Waals surface area contributed by atoms with Crippen LogP contribution in [0.15, 0.2) is 66.9 Å². The van der Waals surface area contributed by atoms with Gasteiger partial charge < -0.3 is 15.4 Å². The van der Waals surface area contributed by atoms with E-state index in [1.165, 1.54) is 0 Å². The monoisotopic (exact) mass is 435 g/mol. The summed E-state index contributed by atoms with van der Waals surface area (Å²) in [6, 6.07) is 18.5. The number of hydrogen-bond donors (Lipinski definition) is 2. The third kappa shape index (κ3) is 5.07. The molecule has 0 unspecified atom stereocenters. The van der Waals surface area contributed by atoms with E-state index < -0.39 is 0 Å². The van der Waals surface area contributed by atoms with Gasteiger partial charge in [-0.25, -0.2) is 0 Å². The van der Waals surface area contributed by atoms with Crippen molar-refractivity contribution in [3.05, 3.63) is 83.1 Å². The summed E-state index contributed by atoms with van der Waals surface area (Å²) in [4.78, 5) is 15.8. The fraction of sp³-hybridized carbons (Fsp3) is 0.130. The minimum Gasteiger partial charge on any atom is -0.471 e. The van der Waals surface area contributed by atoms with Crippen molar-refractivity contribution in [2.24, 2.45) is 0 Å². The average molecular weight is 436 g/mol. The zero-order valence-electron chi connectivity index (χ0n) is 16.1. The molecule has 0 aliphatic heterocycles. The molecule has 0 aliphatic carbocycles. The van der Waals surface area contributed by atoms with E-state index in [4.69, 9.17) is 16.3 Å². The number of aromatic nitrogens is 3. The average Bonchev–Trinajstić information content (AvgIpc) is 2.79. The number of amides is 1. The third-order valence-electron chi connectivity index (χ3n) is 4.42. The number of fused-ring (bicyclic) bond motifs is 1. The number of halogens is 1. The lowest BCUT2D eigenvalue weighted by Crippen LogP contribution is -2.19. The van der Waals surface area contributed by atoms with Crippen molar-refractivity contribution in [1.29, 1.82) is 0 Å². The molecule has 0 spiro atoms. The van der Waals surface area contributed by atoms with Crippen LogP contribution in [0.1, 0.15) is 23.5 Å². The van der Waals surface area contributed by atoms with Crippen molar-refractivity contribution in [2.45, 2.75) is 14.0 Å². The molecule has 1 amide bonds. The molecule has 4 rings (SSSR count). The molecule has 8 heteroatoms. The summed E-state index contributed by atoms with van der Waals surface area (Å²) in [5.74, 6) is 0.774. The Kier molecular flexibility index (Phi) is 6.99. The predicted octanol–water partition coefficient (Wildman–Crippen LogP) is 5.00. The van der Waals surface area contributed by atoms with Gasteiger partial charge in [-0.05, 0) is 48.0 Å². The maximum atomic E-state index is 11.8. The molecule has 0 saturated carbocycles. The molecule has 0 atom stereocenters. The molecule has 2 heterocycles. The van der Waals surface area contributed by atoms with Crippen LogP contribution in [0, 0.1) is 0 Å². The minimum atomic E-state index is -0.250. The van der Waals surface area contributed by atoms with Crippen LogP contribution in [0.5, 0.6) is 5.88 Å². The third-order valence-corrected chi connectivity index (χ3v) is 4.67. The highest BCUT2D eigenvalue weighted by Crippen LogP contribution is 2.30. The number of nitrogens with one attached hydrogen (secondary N) is 2. The molecule has 4 aromatic rings. The van der Waals surface area contributed by atoms with Crippen molar-refractivity contribution >= 4 is 39.8 Å². The minimum absolute atomic E-state index is 0. The Morgan fingerprint density at radius 3 is 2.52 bits per heavy atom. The lowest BCUT2D eigenvalue weighted by molar-refractivity contribution is 0.0958. The van der Waals surface area contributed by atoms with Crippen molar-refractivity contribution < 1.29 is 9.53 Å². The van der Waals surface area contributed by atoms with E-state index in [2.05, 4.69) is 25.8 Å². The molecular formula is C23H22ClN5O2. The van der Waals surface area contributed by atoms with Crippen LogP contribution in [-0.2, 0) is 6.61 Å². The Labute approximate surface area is 185 Å². The van der Waals surface area contributed by atoms with Crippen LogP contribution in [0.25, 0.3) is 10.8 Å². The van der Waals surface area contributed by atoms with Gasteiger partial charge in [-0.15, -0.1) is 10.2 Å². The molecule has 0 bridgehead atoms. The largest absolute Gasteiger partial charge is 0.471 e.